The molecular weight excluding hydrogens is 234 g/mol. The van der Waals surface area contributed by atoms with Crippen molar-refractivity contribution in [1.82, 2.24) is 10.3 Å². The highest BCUT2D eigenvalue weighted by Crippen LogP contribution is 2.14. The van der Waals surface area contributed by atoms with Crippen LogP contribution in [-0.4, -0.2) is 17.4 Å². The van der Waals surface area contributed by atoms with E-state index in [4.69, 9.17) is 5.73 Å². The fraction of sp³-hybridized carbons (Fsp3) is 0.667. The highest BCUT2D eigenvalue weighted by molar-refractivity contribution is 7.07. The van der Waals surface area contributed by atoms with Crippen molar-refractivity contribution in [3.05, 3.63) is 16.6 Å². The molecule has 0 bridgehead atoms. The fourth-order valence-electron chi connectivity index (χ4n) is 1.73. The first kappa shape index (κ1) is 14.1. The number of carbonyl (C=O) groups is 1. The summed E-state index contributed by atoms with van der Waals surface area (Å²) in [5.41, 5.74) is 8.23. The number of thiazole rings is 1. The van der Waals surface area contributed by atoms with Crippen molar-refractivity contribution in [1.29, 1.82) is 0 Å². The summed E-state index contributed by atoms with van der Waals surface area (Å²) in [7, 11) is 0. The van der Waals surface area contributed by atoms with E-state index in [1.54, 1.807) is 16.8 Å². The SMILES string of the molecule is CCC(CCN)CCC(=O)NCc1cscn1. The molecule has 0 saturated carbocycles. The summed E-state index contributed by atoms with van der Waals surface area (Å²) in [6.07, 6.45) is 3.62. The van der Waals surface area contributed by atoms with E-state index in [2.05, 4.69) is 17.2 Å². The third-order valence-corrected chi connectivity index (χ3v) is 3.52. The van der Waals surface area contributed by atoms with Crippen LogP contribution in [0.3, 0.4) is 0 Å². The van der Waals surface area contributed by atoms with Gasteiger partial charge < -0.3 is 11.1 Å². The van der Waals surface area contributed by atoms with Gasteiger partial charge >= 0.3 is 0 Å². The van der Waals surface area contributed by atoms with Gasteiger partial charge in [0.25, 0.3) is 0 Å². The largest absolute Gasteiger partial charge is 0.350 e. The number of hydrogen-bond donors (Lipinski definition) is 2. The van der Waals surface area contributed by atoms with Crippen LogP contribution in [0.2, 0.25) is 0 Å². The summed E-state index contributed by atoms with van der Waals surface area (Å²) in [4.78, 5) is 15.7. The summed E-state index contributed by atoms with van der Waals surface area (Å²) >= 11 is 1.54. The number of aromatic nitrogens is 1. The van der Waals surface area contributed by atoms with Crippen LogP contribution in [0.1, 0.15) is 38.3 Å². The van der Waals surface area contributed by atoms with Gasteiger partial charge in [-0.1, -0.05) is 13.3 Å². The van der Waals surface area contributed by atoms with E-state index in [9.17, 15) is 4.79 Å². The van der Waals surface area contributed by atoms with Crippen LogP contribution >= 0.6 is 11.3 Å². The lowest BCUT2D eigenvalue weighted by atomic mass is 9.96. The molecule has 1 rings (SSSR count). The number of carbonyl (C=O) groups excluding carboxylic acids is 1. The molecule has 1 aromatic rings. The molecule has 4 nitrogen and oxygen atoms in total. The summed E-state index contributed by atoms with van der Waals surface area (Å²) in [6.45, 7) is 3.39. The zero-order valence-corrected chi connectivity index (χ0v) is 11.1. The van der Waals surface area contributed by atoms with E-state index in [0.717, 1.165) is 25.0 Å². The standard InChI is InChI=1S/C12H21N3OS/c1-2-10(5-6-13)3-4-12(16)14-7-11-8-17-9-15-11/h8-10H,2-7,13H2,1H3,(H,14,16). The normalized spacial score (nSPS) is 12.4. The van der Waals surface area contributed by atoms with Crippen molar-refractivity contribution in [2.45, 2.75) is 39.2 Å². The first-order valence-electron chi connectivity index (χ1n) is 6.10. The van der Waals surface area contributed by atoms with Crippen molar-refractivity contribution in [2.24, 2.45) is 11.7 Å². The molecule has 96 valence electrons. The van der Waals surface area contributed by atoms with Crippen LogP contribution in [0, 0.1) is 5.92 Å². The van der Waals surface area contributed by atoms with Crippen LogP contribution in [0.25, 0.3) is 0 Å². The Morgan fingerprint density at radius 2 is 2.41 bits per heavy atom. The lowest BCUT2D eigenvalue weighted by Crippen LogP contribution is -2.23. The lowest BCUT2D eigenvalue weighted by molar-refractivity contribution is -0.121. The molecule has 1 heterocycles. The van der Waals surface area contributed by atoms with Gasteiger partial charge in [-0.25, -0.2) is 4.98 Å². The molecule has 1 aromatic heterocycles. The van der Waals surface area contributed by atoms with Gasteiger partial charge in [0.15, 0.2) is 0 Å². The number of rotatable bonds is 8. The van der Waals surface area contributed by atoms with Crippen LogP contribution in [-0.2, 0) is 11.3 Å². The molecule has 0 saturated heterocycles. The van der Waals surface area contributed by atoms with E-state index in [0.29, 0.717) is 25.4 Å². The summed E-state index contributed by atoms with van der Waals surface area (Å²) in [5.74, 6) is 0.679. The molecule has 17 heavy (non-hydrogen) atoms. The van der Waals surface area contributed by atoms with Crippen molar-refractivity contribution in [3.8, 4) is 0 Å². The van der Waals surface area contributed by atoms with E-state index >= 15 is 0 Å². The molecule has 1 amide bonds. The average molecular weight is 255 g/mol. The van der Waals surface area contributed by atoms with Gasteiger partial charge in [-0.2, -0.15) is 0 Å². The predicted molar refractivity (Wildman–Crippen MR) is 70.6 cm³/mol. The predicted octanol–water partition coefficient (Wildman–Crippen LogP) is 1.91. The van der Waals surface area contributed by atoms with Gasteiger partial charge in [-0.3, -0.25) is 4.79 Å². The second-order valence-corrected chi connectivity index (χ2v) is 4.87. The summed E-state index contributed by atoms with van der Waals surface area (Å²) in [5, 5.41) is 4.83. The number of hydrogen-bond acceptors (Lipinski definition) is 4. The number of amides is 1. The fourth-order valence-corrected chi connectivity index (χ4v) is 2.28. The van der Waals surface area contributed by atoms with E-state index < -0.39 is 0 Å². The Bertz CT molecular complexity index is 314. The highest BCUT2D eigenvalue weighted by atomic mass is 32.1. The van der Waals surface area contributed by atoms with Gasteiger partial charge in [0.2, 0.25) is 5.91 Å². The Morgan fingerprint density at radius 1 is 1.59 bits per heavy atom. The summed E-state index contributed by atoms with van der Waals surface area (Å²) < 4.78 is 0. The quantitative estimate of drug-likeness (QED) is 0.745. The Balaban J connectivity index is 2.16. The van der Waals surface area contributed by atoms with Crippen LogP contribution in [0.15, 0.2) is 10.9 Å². The van der Waals surface area contributed by atoms with Crippen LogP contribution in [0.4, 0.5) is 0 Å². The second-order valence-electron chi connectivity index (χ2n) is 4.15. The van der Waals surface area contributed by atoms with Crippen molar-refractivity contribution < 1.29 is 4.79 Å². The van der Waals surface area contributed by atoms with Crippen LogP contribution < -0.4 is 11.1 Å². The number of nitrogens with two attached hydrogens (primary N) is 1. The smallest absolute Gasteiger partial charge is 0.220 e. The molecule has 3 N–H and O–H groups in total. The molecule has 0 aliphatic carbocycles. The van der Waals surface area contributed by atoms with Crippen molar-refractivity contribution >= 4 is 17.2 Å². The molecule has 5 heteroatoms. The molecule has 1 atom stereocenters. The topological polar surface area (TPSA) is 68.0 Å². The van der Waals surface area contributed by atoms with Gasteiger partial charge in [0.05, 0.1) is 17.7 Å². The molecule has 0 radical (unpaired) electrons. The highest BCUT2D eigenvalue weighted by Gasteiger charge is 2.08. The Kier molecular flexibility index (Phi) is 6.81. The third-order valence-electron chi connectivity index (χ3n) is 2.88. The van der Waals surface area contributed by atoms with E-state index in [-0.39, 0.29) is 5.91 Å². The van der Waals surface area contributed by atoms with E-state index in [1.807, 2.05) is 5.38 Å². The molecule has 0 fully saturated rings. The molecular formula is C12H21N3OS. The zero-order valence-electron chi connectivity index (χ0n) is 10.3. The van der Waals surface area contributed by atoms with Crippen molar-refractivity contribution in [3.63, 3.8) is 0 Å². The first-order chi connectivity index (χ1) is 8.26. The molecule has 0 spiro atoms. The second kappa shape index (κ2) is 8.20. The number of nitrogens with zero attached hydrogens (tertiary/aromatic N) is 1. The monoisotopic (exact) mass is 255 g/mol. The van der Waals surface area contributed by atoms with Gasteiger partial charge in [-0.15, -0.1) is 11.3 Å². The Labute approximate surface area is 107 Å². The maximum absolute atomic E-state index is 11.6. The first-order valence-corrected chi connectivity index (χ1v) is 7.04. The minimum Gasteiger partial charge on any atom is -0.350 e. The average Bonchev–Trinajstić information content (AvgIpc) is 2.85. The third kappa shape index (κ3) is 5.79. The molecule has 0 aliphatic rings. The summed E-state index contributed by atoms with van der Waals surface area (Å²) in [6, 6.07) is 0. The van der Waals surface area contributed by atoms with Gasteiger partial charge in [-0.05, 0) is 25.3 Å². The minimum atomic E-state index is 0.105. The van der Waals surface area contributed by atoms with Crippen molar-refractivity contribution in [2.75, 3.05) is 6.54 Å². The maximum atomic E-state index is 11.6. The molecule has 0 aromatic carbocycles. The molecule has 0 aliphatic heterocycles. The lowest BCUT2D eigenvalue weighted by Gasteiger charge is -2.12. The maximum Gasteiger partial charge on any atom is 0.220 e. The van der Waals surface area contributed by atoms with Gasteiger partial charge in [0.1, 0.15) is 0 Å². The number of nitrogens with one attached hydrogen (secondary N) is 1. The zero-order chi connectivity index (χ0) is 12.5. The van der Waals surface area contributed by atoms with Gasteiger partial charge in [0, 0.05) is 11.8 Å². The Hall–Kier alpha value is -0.940. The minimum absolute atomic E-state index is 0.105. The Morgan fingerprint density at radius 3 is 3.00 bits per heavy atom. The van der Waals surface area contributed by atoms with Crippen LogP contribution in [0.5, 0.6) is 0 Å². The molecule has 1 unspecified atom stereocenters. The van der Waals surface area contributed by atoms with E-state index in [1.165, 1.54) is 0 Å².